The molecule has 2 aromatic rings. The van der Waals surface area contributed by atoms with Gasteiger partial charge in [-0.2, -0.15) is 0 Å². The Balaban J connectivity index is 2.20. The fraction of sp³-hybridized carbons (Fsp3) is 0.294. The minimum Gasteiger partial charge on any atom is -0.337 e. The summed E-state index contributed by atoms with van der Waals surface area (Å²) in [6, 6.07) is 13.3. The topological polar surface area (TPSA) is 59.2 Å². The molecule has 4 heteroatoms. The third kappa shape index (κ3) is 3.47. The van der Waals surface area contributed by atoms with Crippen LogP contribution in [0.3, 0.4) is 0 Å². The van der Waals surface area contributed by atoms with Gasteiger partial charge in [0.1, 0.15) is 5.54 Å². The summed E-state index contributed by atoms with van der Waals surface area (Å²) >= 11 is 0. The lowest BCUT2D eigenvalue weighted by Crippen LogP contribution is -2.50. The Bertz CT molecular complexity index is 581. The highest BCUT2D eigenvalue weighted by molar-refractivity contribution is 5.87. The number of hydrogen-bond donors (Lipinski definition) is 1. The van der Waals surface area contributed by atoms with E-state index in [0.29, 0.717) is 13.1 Å². The average molecular weight is 283 g/mol. The van der Waals surface area contributed by atoms with Crippen LogP contribution in [0.15, 0.2) is 54.9 Å². The summed E-state index contributed by atoms with van der Waals surface area (Å²) in [6.07, 6.45) is 3.46. The highest BCUT2D eigenvalue weighted by Gasteiger charge is 2.33. The van der Waals surface area contributed by atoms with Crippen molar-refractivity contribution in [1.29, 1.82) is 0 Å². The van der Waals surface area contributed by atoms with Gasteiger partial charge in [-0.1, -0.05) is 30.3 Å². The molecule has 0 aliphatic rings. The lowest BCUT2D eigenvalue weighted by Gasteiger charge is -2.31. The molecule has 1 unspecified atom stereocenters. The van der Waals surface area contributed by atoms with Gasteiger partial charge in [-0.25, -0.2) is 0 Å². The van der Waals surface area contributed by atoms with E-state index in [1.165, 1.54) is 0 Å². The zero-order chi connectivity index (χ0) is 15.3. The fourth-order valence-corrected chi connectivity index (χ4v) is 2.27. The average Bonchev–Trinajstić information content (AvgIpc) is 2.53. The highest BCUT2D eigenvalue weighted by Crippen LogP contribution is 2.21. The standard InChI is InChI=1S/C17H21N3O/c1-3-20(13-14-9-11-19-12-10-14)16(21)17(2,18)15-7-5-4-6-8-15/h4-12H,3,13,18H2,1-2H3. The molecule has 1 aromatic heterocycles. The number of amides is 1. The lowest BCUT2D eigenvalue weighted by molar-refractivity contribution is -0.137. The summed E-state index contributed by atoms with van der Waals surface area (Å²) in [7, 11) is 0. The predicted octanol–water partition coefficient (Wildman–Crippen LogP) is 2.30. The van der Waals surface area contributed by atoms with Crippen molar-refractivity contribution in [2.24, 2.45) is 5.73 Å². The van der Waals surface area contributed by atoms with E-state index in [-0.39, 0.29) is 5.91 Å². The Morgan fingerprint density at radius 1 is 1.19 bits per heavy atom. The molecule has 2 N–H and O–H groups in total. The van der Waals surface area contributed by atoms with E-state index in [0.717, 1.165) is 11.1 Å². The van der Waals surface area contributed by atoms with Gasteiger partial charge in [0.05, 0.1) is 0 Å². The van der Waals surface area contributed by atoms with Crippen molar-refractivity contribution < 1.29 is 4.79 Å². The zero-order valence-electron chi connectivity index (χ0n) is 12.5. The number of likely N-dealkylation sites (N-methyl/N-ethyl adjacent to an activating group) is 1. The van der Waals surface area contributed by atoms with Crippen molar-refractivity contribution in [1.82, 2.24) is 9.88 Å². The second-order valence-corrected chi connectivity index (χ2v) is 5.24. The summed E-state index contributed by atoms with van der Waals surface area (Å²) in [5.41, 5.74) is 7.15. The maximum Gasteiger partial charge on any atom is 0.247 e. The molecule has 0 aliphatic carbocycles. The van der Waals surface area contributed by atoms with Gasteiger partial charge in [-0.15, -0.1) is 0 Å². The maximum absolute atomic E-state index is 12.8. The van der Waals surface area contributed by atoms with Gasteiger partial charge in [0.25, 0.3) is 0 Å². The number of benzene rings is 1. The third-order valence-electron chi connectivity index (χ3n) is 3.61. The predicted molar refractivity (Wildman–Crippen MR) is 83.3 cm³/mol. The minimum absolute atomic E-state index is 0.0759. The van der Waals surface area contributed by atoms with E-state index in [9.17, 15) is 4.79 Å². The van der Waals surface area contributed by atoms with Crippen LogP contribution >= 0.6 is 0 Å². The van der Waals surface area contributed by atoms with Crippen LogP contribution in [0.5, 0.6) is 0 Å². The van der Waals surface area contributed by atoms with Crippen molar-refractivity contribution in [3.05, 3.63) is 66.0 Å². The van der Waals surface area contributed by atoms with Gasteiger partial charge in [0.15, 0.2) is 0 Å². The number of carbonyl (C=O) groups excluding carboxylic acids is 1. The molecule has 0 bridgehead atoms. The Morgan fingerprint density at radius 3 is 2.38 bits per heavy atom. The van der Waals surface area contributed by atoms with Gasteiger partial charge in [0.2, 0.25) is 5.91 Å². The number of aromatic nitrogens is 1. The Hall–Kier alpha value is -2.20. The SMILES string of the molecule is CCN(Cc1ccncc1)C(=O)C(C)(N)c1ccccc1. The zero-order valence-corrected chi connectivity index (χ0v) is 12.5. The summed E-state index contributed by atoms with van der Waals surface area (Å²) < 4.78 is 0. The van der Waals surface area contributed by atoms with Gasteiger partial charge in [0, 0.05) is 25.5 Å². The van der Waals surface area contributed by atoms with E-state index in [4.69, 9.17) is 5.73 Å². The second-order valence-electron chi connectivity index (χ2n) is 5.24. The molecule has 0 fully saturated rings. The van der Waals surface area contributed by atoms with Crippen molar-refractivity contribution >= 4 is 5.91 Å². The molecule has 0 aliphatic heterocycles. The molecule has 0 radical (unpaired) electrons. The molecule has 4 nitrogen and oxygen atoms in total. The maximum atomic E-state index is 12.8. The van der Waals surface area contributed by atoms with E-state index in [1.54, 1.807) is 24.2 Å². The number of rotatable bonds is 5. The van der Waals surface area contributed by atoms with Crippen LogP contribution < -0.4 is 5.73 Å². The smallest absolute Gasteiger partial charge is 0.247 e. The molecule has 1 aromatic carbocycles. The summed E-state index contributed by atoms with van der Waals surface area (Å²) in [5, 5.41) is 0. The van der Waals surface area contributed by atoms with Gasteiger partial charge >= 0.3 is 0 Å². The van der Waals surface area contributed by atoms with Crippen molar-refractivity contribution in [3.8, 4) is 0 Å². The summed E-state index contributed by atoms with van der Waals surface area (Å²) in [5.74, 6) is -0.0759. The number of pyridine rings is 1. The lowest BCUT2D eigenvalue weighted by atomic mass is 9.91. The third-order valence-corrected chi connectivity index (χ3v) is 3.61. The number of nitrogens with zero attached hydrogens (tertiary/aromatic N) is 2. The molecular formula is C17H21N3O. The van der Waals surface area contributed by atoms with Crippen molar-refractivity contribution in [2.75, 3.05) is 6.54 Å². The Labute approximate surface area is 125 Å². The number of carbonyl (C=O) groups is 1. The van der Waals surface area contributed by atoms with Crippen LogP contribution in [-0.4, -0.2) is 22.3 Å². The highest BCUT2D eigenvalue weighted by atomic mass is 16.2. The Morgan fingerprint density at radius 2 is 1.81 bits per heavy atom. The van der Waals surface area contributed by atoms with Crippen LogP contribution in [0.25, 0.3) is 0 Å². The molecule has 0 spiro atoms. The first-order valence-corrected chi connectivity index (χ1v) is 7.08. The van der Waals surface area contributed by atoms with E-state index < -0.39 is 5.54 Å². The van der Waals surface area contributed by atoms with Gasteiger partial charge < -0.3 is 10.6 Å². The molecule has 2 rings (SSSR count). The molecule has 21 heavy (non-hydrogen) atoms. The first kappa shape index (κ1) is 15.2. The molecule has 110 valence electrons. The van der Waals surface area contributed by atoms with E-state index in [2.05, 4.69) is 4.98 Å². The number of nitrogens with two attached hydrogens (primary N) is 1. The Kier molecular flexibility index (Phi) is 4.70. The quantitative estimate of drug-likeness (QED) is 0.916. The molecule has 1 amide bonds. The largest absolute Gasteiger partial charge is 0.337 e. The first-order chi connectivity index (χ1) is 10.1. The van der Waals surface area contributed by atoms with Crippen molar-refractivity contribution in [2.45, 2.75) is 25.9 Å². The molecule has 0 saturated heterocycles. The van der Waals surface area contributed by atoms with E-state index in [1.807, 2.05) is 49.4 Å². The molecular weight excluding hydrogens is 262 g/mol. The van der Waals surface area contributed by atoms with Crippen LogP contribution in [0.4, 0.5) is 0 Å². The van der Waals surface area contributed by atoms with Crippen LogP contribution in [-0.2, 0) is 16.9 Å². The van der Waals surface area contributed by atoms with Crippen LogP contribution in [0, 0.1) is 0 Å². The molecule has 1 heterocycles. The minimum atomic E-state index is -1.02. The monoisotopic (exact) mass is 283 g/mol. The van der Waals surface area contributed by atoms with E-state index >= 15 is 0 Å². The molecule has 0 saturated carbocycles. The van der Waals surface area contributed by atoms with Crippen LogP contribution in [0.1, 0.15) is 25.0 Å². The first-order valence-electron chi connectivity index (χ1n) is 7.08. The fourth-order valence-electron chi connectivity index (χ4n) is 2.27. The summed E-state index contributed by atoms with van der Waals surface area (Å²) in [6.45, 7) is 4.87. The number of hydrogen-bond acceptors (Lipinski definition) is 3. The van der Waals surface area contributed by atoms with Gasteiger partial charge in [-0.3, -0.25) is 9.78 Å². The normalized spacial score (nSPS) is 13.5. The summed E-state index contributed by atoms with van der Waals surface area (Å²) in [4.78, 5) is 18.5. The second kappa shape index (κ2) is 6.50. The van der Waals surface area contributed by atoms with Gasteiger partial charge in [-0.05, 0) is 37.1 Å². The molecule has 1 atom stereocenters. The van der Waals surface area contributed by atoms with Crippen molar-refractivity contribution in [3.63, 3.8) is 0 Å². The van der Waals surface area contributed by atoms with Crippen LogP contribution in [0.2, 0.25) is 0 Å².